The maximum absolute atomic E-state index is 13.0. The van der Waals surface area contributed by atoms with Gasteiger partial charge in [-0.05, 0) is 18.6 Å². The van der Waals surface area contributed by atoms with Gasteiger partial charge in [-0.3, -0.25) is 4.79 Å². The molecule has 1 aromatic heterocycles. The minimum atomic E-state index is -4.03. The predicted octanol–water partition coefficient (Wildman–Crippen LogP) is 3.32. The molecule has 1 fully saturated rings. The number of nitrogens with zero attached hydrogens (tertiary/aromatic N) is 1. The SMILES string of the molecule is O=C1SCCC1NS(=O)(=O)c1nc(-c2ccccc2)oc1-c1ccccc1. The number of benzene rings is 2. The average Bonchev–Trinajstić information content (AvgIpc) is 3.30. The molecule has 1 atom stereocenters. The van der Waals surface area contributed by atoms with E-state index < -0.39 is 16.1 Å². The molecule has 1 unspecified atom stereocenters. The fourth-order valence-corrected chi connectivity index (χ4v) is 5.14. The number of rotatable bonds is 5. The van der Waals surface area contributed by atoms with Gasteiger partial charge in [0.05, 0.1) is 6.04 Å². The molecular formula is C19H16N2O4S2. The summed E-state index contributed by atoms with van der Waals surface area (Å²) in [4.78, 5) is 16.1. The highest BCUT2D eigenvalue weighted by atomic mass is 32.2. The Morgan fingerprint density at radius 2 is 1.63 bits per heavy atom. The minimum Gasteiger partial charge on any atom is -0.435 e. The Kier molecular flexibility index (Phi) is 4.86. The van der Waals surface area contributed by atoms with Crippen molar-refractivity contribution in [1.82, 2.24) is 9.71 Å². The van der Waals surface area contributed by atoms with Crippen LogP contribution in [0, 0.1) is 0 Å². The van der Waals surface area contributed by atoms with Gasteiger partial charge < -0.3 is 4.42 Å². The molecule has 4 rings (SSSR count). The van der Waals surface area contributed by atoms with Crippen molar-refractivity contribution in [3.8, 4) is 22.8 Å². The van der Waals surface area contributed by atoms with E-state index in [9.17, 15) is 13.2 Å². The van der Waals surface area contributed by atoms with Crippen molar-refractivity contribution in [2.75, 3.05) is 5.75 Å². The van der Waals surface area contributed by atoms with Gasteiger partial charge in [0.1, 0.15) is 0 Å². The van der Waals surface area contributed by atoms with E-state index in [4.69, 9.17) is 4.42 Å². The quantitative estimate of drug-likeness (QED) is 0.707. The van der Waals surface area contributed by atoms with Crippen LogP contribution in [-0.2, 0) is 14.8 Å². The second-order valence-electron chi connectivity index (χ2n) is 6.02. The van der Waals surface area contributed by atoms with Crippen molar-refractivity contribution in [1.29, 1.82) is 0 Å². The zero-order valence-electron chi connectivity index (χ0n) is 14.2. The predicted molar refractivity (Wildman–Crippen MR) is 104 cm³/mol. The first-order valence-electron chi connectivity index (χ1n) is 8.35. The Morgan fingerprint density at radius 1 is 1.00 bits per heavy atom. The maximum Gasteiger partial charge on any atom is 0.262 e. The Bertz CT molecular complexity index is 1060. The number of nitrogens with one attached hydrogen (secondary N) is 1. The number of aromatic nitrogens is 1. The van der Waals surface area contributed by atoms with E-state index in [0.29, 0.717) is 23.3 Å². The molecule has 2 heterocycles. The zero-order chi connectivity index (χ0) is 18.9. The van der Waals surface area contributed by atoms with E-state index in [1.807, 2.05) is 24.3 Å². The molecule has 2 aromatic carbocycles. The van der Waals surface area contributed by atoms with Gasteiger partial charge >= 0.3 is 0 Å². The second kappa shape index (κ2) is 7.30. The Labute approximate surface area is 161 Å². The number of hydrogen-bond donors (Lipinski definition) is 1. The van der Waals surface area contributed by atoms with E-state index in [2.05, 4.69) is 9.71 Å². The number of thioether (sulfide) groups is 1. The third-order valence-corrected chi connectivity index (χ3v) is 6.53. The van der Waals surface area contributed by atoms with E-state index >= 15 is 0 Å². The summed E-state index contributed by atoms with van der Waals surface area (Å²) in [7, 11) is -4.03. The van der Waals surface area contributed by atoms with Crippen molar-refractivity contribution >= 4 is 26.9 Å². The lowest BCUT2D eigenvalue weighted by Crippen LogP contribution is -2.37. The van der Waals surface area contributed by atoms with Crippen LogP contribution in [0.15, 0.2) is 70.1 Å². The number of carbonyl (C=O) groups is 1. The molecule has 27 heavy (non-hydrogen) atoms. The number of sulfonamides is 1. The van der Waals surface area contributed by atoms with Gasteiger partial charge in [0.2, 0.25) is 16.0 Å². The molecular weight excluding hydrogens is 384 g/mol. The lowest BCUT2D eigenvalue weighted by atomic mass is 10.2. The largest absolute Gasteiger partial charge is 0.435 e. The minimum absolute atomic E-state index is 0.153. The van der Waals surface area contributed by atoms with Crippen LogP contribution < -0.4 is 4.72 Å². The third-order valence-electron chi connectivity index (χ3n) is 4.14. The highest BCUT2D eigenvalue weighted by Crippen LogP contribution is 2.33. The maximum atomic E-state index is 13.0. The lowest BCUT2D eigenvalue weighted by Gasteiger charge is -2.09. The van der Waals surface area contributed by atoms with E-state index in [1.54, 1.807) is 36.4 Å². The molecule has 1 N–H and O–H groups in total. The Morgan fingerprint density at radius 3 is 2.22 bits per heavy atom. The number of carbonyl (C=O) groups excluding carboxylic acids is 1. The van der Waals surface area contributed by atoms with E-state index in [1.165, 1.54) is 0 Å². The summed E-state index contributed by atoms with van der Waals surface area (Å²) in [5.74, 6) is 0.966. The van der Waals surface area contributed by atoms with Gasteiger partial charge in [-0.2, -0.15) is 9.71 Å². The average molecular weight is 400 g/mol. The molecule has 6 nitrogen and oxygen atoms in total. The summed E-state index contributed by atoms with van der Waals surface area (Å²) in [5.41, 5.74) is 1.27. The summed E-state index contributed by atoms with van der Waals surface area (Å²) >= 11 is 1.13. The lowest BCUT2D eigenvalue weighted by molar-refractivity contribution is -0.111. The van der Waals surface area contributed by atoms with Crippen LogP contribution in [0.3, 0.4) is 0 Å². The molecule has 3 aromatic rings. The second-order valence-corrected chi connectivity index (χ2v) is 8.74. The van der Waals surface area contributed by atoms with Crippen LogP contribution in [0.1, 0.15) is 6.42 Å². The van der Waals surface area contributed by atoms with Crippen LogP contribution in [-0.4, -0.2) is 30.3 Å². The highest BCUT2D eigenvalue weighted by Gasteiger charge is 2.34. The van der Waals surface area contributed by atoms with Crippen LogP contribution >= 0.6 is 11.8 Å². The van der Waals surface area contributed by atoms with Gasteiger partial charge in [-0.25, -0.2) is 8.42 Å². The molecule has 0 aliphatic carbocycles. The highest BCUT2D eigenvalue weighted by molar-refractivity contribution is 8.14. The summed E-state index contributed by atoms with van der Waals surface area (Å²) in [6.45, 7) is 0. The number of oxazole rings is 1. The topological polar surface area (TPSA) is 89.3 Å². The Hall–Kier alpha value is -2.42. The molecule has 1 aliphatic heterocycles. The van der Waals surface area contributed by atoms with Gasteiger partial charge in [-0.1, -0.05) is 60.3 Å². The first kappa shape index (κ1) is 18.0. The number of hydrogen-bond acceptors (Lipinski definition) is 6. The van der Waals surface area contributed by atoms with Gasteiger partial charge in [0.25, 0.3) is 10.0 Å². The molecule has 1 aliphatic rings. The molecule has 0 bridgehead atoms. The van der Waals surface area contributed by atoms with Gasteiger partial charge in [0.15, 0.2) is 5.76 Å². The molecule has 8 heteroatoms. The molecule has 0 radical (unpaired) electrons. The summed E-state index contributed by atoms with van der Waals surface area (Å²) in [6.07, 6.45) is 0.465. The van der Waals surface area contributed by atoms with E-state index in [0.717, 1.165) is 11.8 Å². The third kappa shape index (κ3) is 3.69. The summed E-state index contributed by atoms with van der Waals surface area (Å²) in [6, 6.07) is 17.3. The molecule has 138 valence electrons. The monoisotopic (exact) mass is 400 g/mol. The van der Waals surface area contributed by atoms with Crippen molar-refractivity contribution < 1.29 is 17.6 Å². The van der Waals surface area contributed by atoms with Crippen molar-refractivity contribution in [3.63, 3.8) is 0 Å². The van der Waals surface area contributed by atoms with Crippen molar-refractivity contribution in [2.24, 2.45) is 0 Å². The standard InChI is InChI=1S/C19H16N2O4S2/c22-19-15(11-12-26-19)21-27(23,24)18-16(13-7-3-1-4-8-13)25-17(20-18)14-9-5-2-6-10-14/h1-10,15,21H,11-12H2. The molecule has 0 saturated carbocycles. The summed E-state index contributed by atoms with van der Waals surface area (Å²) < 4.78 is 34.3. The van der Waals surface area contributed by atoms with Crippen LogP contribution in [0.4, 0.5) is 0 Å². The molecule has 0 amide bonds. The normalized spacial score (nSPS) is 17.3. The first-order chi connectivity index (χ1) is 13.0. The fourth-order valence-electron chi connectivity index (χ4n) is 2.81. The van der Waals surface area contributed by atoms with Crippen molar-refractivity contribution in [3.05, 3.63) is 60.7 Å². The zero-order valence-corrected chi connectivity index (χ0v) is 15.8. The summed E-state index contributed by atoms with van der Waals surface area (Å²) in [5, 5.41) is -0.385. The van der Waals surface area contributed by atoms with Crippen LogP contribution in [0.5, 0.6) is 0 Å². The first-order valence-corrected chi connectivity index (χ1v) is 10.8. The molecule has 1 saturated heterocycles. The van der Waals surface area contributed by atoms with E-state index in [-0.39, 0.29) is 21.8 Å². The molecule has 0 spiro atoms. The van der Waals surface area contributed by atoms with Gasteiger partial charge in [-0.15, -0.1) is 0 Å². The van der Waals surface area contributed by atoms with Crippen molar-refractivity contribution in [2.45, 2.75) is 17.5 Å². The Balaban J connectivity index is 1.80. The van der Waals surface area contributed by atoms with Crippen LogP contribution in [0.25, 0.3) is 22.8 Å². The fraction of sp³-hybridized carbons (Fsp3) is 0.158. The van der Waals surface area contributed by atoms with Gasteiger partial charge in [0, 0.05) is 16.9 Å². The van der Waals surface area contributed by atoms with Crippen LogP contribution in [0.2, 0.25) is 0 Å². The smallest absolute Gasteiger partial charge is 0.262 e.